The smallest absolute Gasteiger partial charge is 0.184 e. The Morgan fingerprint density at radius 2 is 1.89 bits per heavy atom. The van der Waals surface area contributed by atoms with Crippen LogP contribution in [0.15, 0.2) is 42.5 Å². The van der Waals surface area contributed by atoms with Crippen LogP contribution in [0.5, 0.6) is 11.5 Å². The van der Waals surface area contributed by atoms with E-state index < -0.39 is 4.83 Å². The van der Waals surface area contributed by atoms with Crippen LogP contribution in [0.3, 0.4) is 0 Å². The zero-order chi connectivity index (χ0) is 12.7. The van der Waals surface area contributed by atoms with Crippen molar-refractivity contribution in [2.24, 2.45) is 0 Å². The highest BCUT2D eigenvalue weighted by atomic mass is 79.9. The fourth-order valence-corrected chi connectivity index (χ4v) is 2.76. The van der Waals surface area contributed by atoms with E-state index in [1.54, 1.807) is 18.2 Å². The van der Waals surface area contributed by atoms with Crippen molar-refractivity contribution in [2.45, 2.75) is 4.83 Å². The maximum atomic E-state index is 12.4. The third-order valence-corrected chi connectivity index (χ3v) is 3.99. The molecule has 1 aliphatic rings. The Morgan fingerprint density at radius 3 is 2.72 bits per heavy atom. The van der Waals surface area contributed by atoms with Crippen molar-refractivity contribution >= 4 is 33.3 Å². The lowest BCUT2D eigenvalue weighted by Crippen LogP contribution is -2.05. The number of alkyl halides is 1. The van der Waals surface area contributed by atoms with Crippen LogP contribution >= 0.6 is 27.5 Å². The number of para-hydroxylation sites is 1. The van der Waals surface area contributed by atoms with E-state index in [0.29, 0.717) is 22.1 Å². The van der Waals surface area contributed by atoms with E-state index in [-0.39, 0.29) is 5.78 Å². The first kappa shape index (κ1) is 11.8. The quantitative estimate of drug-likeness (QED) is 0.653. The standard InChI is InChI=1S/C14H8BrClO2/c15-13-9-3-1-2-4-11(9)18-12-6-5-8(16)7-10(12)14(13)17/h1-7,13H. The summed E-state index contributed by atoms with van der Waals surface area (Å²) in [6, 6.07) is 12.6. The van der Waals surface area contributed by atoms with Gasteiger partial charge in [0.25, 0.3) is 0 Å². The Morgan fingerprint density at radius 1 is 1.11 bits per heavy atom. The van der Waals surface area contributed by atoms with E-state index >= 15 is 0 Å². The van der Waals surface area contributed by atoms with Gasteiger partial charge in [-0.2, -0.15) is 0 Å². The number of rotatable bonds is 0. The number of carbonyl (C=O) groups is 1. The van der Waals surface area contributed by atoms with Crippen molar-refractivity contribution in [1.82, 2.24) is 0 Å². The van der Waals surface area contributed by atoms with Gasteiger partial charge in [0, 0.05) is 10.6 Å². The summed E-state index contributed by atoms with van der Waals surface area (Å²) in [7, 11) is 0. The second-order valence-electron chi connectivity index (χ2n) is 4.01. The Balaban J connectivity index is 2.23. The molecule has 0 radical (unpaired) electrons. The number of ether oxygens (including phenoxy) is 1. The van der Waals surface area contributed by atoms with Crippen LogP contribution in [0.25, 0.3) is 0 Å². The minimum atomic E-state index is -0.409. The van der Waals surface area contributed by atoms with Crippen molar-refractivity contribution in [2.75, 3.05) is 0 Å². The molecule has 1 heterocycles. The molecule has 0 N–H and O–H groups in total. The third kappa shape index (κ3) is 1.84. The minimum Gasteiger partial charge on any atom is -0.456 e. The minimum absolute atomic E-state index is 0.0440. The first-order chi connectivity index (χ1) is 8.66. The molecular weight excluding hydrogens is 316 g/mol. The highest BCUT2D eigenvalue weighted by Crippen LogP contribution is 2.42. The van der Waals surface area contributed by atoms with Crippen LogP contribution in [0.2, 0.25) is 5.02 Å². The molecule has 0 fully saturated rings. The predicted molar refractivity (Wildman–Crippen MR) is 74.0 cm³/mol. The van der Waals surface area contributed by atoms with Gasteiger partial charge < -0.3 is 4.74 Å². The summed E-state index contributed by atoms with van der Waals surface area (Å²) in [4.78, 5) is 12.0. The number of halogens is 2. The highest BCUT2D eigenvalue weighted by molar-refractivity contribution is 9.09. The van der Waals surface area contributed by atoms with Crippen LogP contribution in [-0.4, -0.2) is 5.78 Å². The Bertz CT molecular complexity index is 639. The van der Waals surface area contributed by atoms with Gasteiger partial charge in [-0.1, -0.05) is 45.7 Å². The van der Waals surface area contributed by atoms with Gasteiger partial charge in [0.15, 0.2) is 5.78 Å². The van der Waals surface area contributed by atoms with Gasteiger partial charge in [-0.15, -0.1) is 0 Å². The molecule has 2 nitrogen and oxygen atoms in total. The van der Waals surface area contributed by atoms with Gasteiger partial charge in [-0.05, 0) is 24.3 Å². The molecule has 0 saturated carbocycles. The molecule has 2 aromatic carbocycles. The van der Waals surface area contributed by atoms with Gasteiger partial charge in [0.1, 0.15) is 16.3 Å². The van der Waals surface area contributed by atoms with Gasteiger partial charge in [-0.25, -0.2) is 0 Å². The summed E-state index contributed by atoms with van der Waals surface area (Å²) in [6.45, 7) is 0. The highest BCUT2D eigenvalue weighted by Gasteiger charge is 2.28. The largest absolute Gasteiger partial charge is 0.456 e. The average molecular weight is 324 g/mol. The molecule has 0 bridgehead atoms. The first-order valence-electron chi connectivity index (χ1n) is 5.41. The average Bonchev–Trinajstić information content (AvgIpc) is 2.48. The monoisotopic (exact) mass is 322 g/mol. The molecule has 90 valence electrons. The van der Waals surface area contributed by atoms with Crippen LogP contribution in [0.4, 0.5) is 0 Å². The molecule has 18 heavy (non-hydrogen) atoms. The number of carbonyl (C=O) groups excluding carboxylic acids is 1. The van der Waals surface area contributed by atoms with Gasteiger partial charge in [0.05, 0.1) is 5.56 Å². The molecule has 3 rings (SSSR count). The van der Waals surface area contributed by atoms with Crippen LogP contribution < -0.4 is 4.74 Å². The van der Waals surface area contributed by atoms with Crippen molar-refractivity contribution in [3.63, 3.8) is 0 Å². The van der Waals surface area contributed by atoms with Gasteiger partial charge >= 0.3 is 0 Å². The predicted octanol–water partition coefficient (Wildman–Crippen LogP) is 4.76. The van der Waals surface area contributed by atoms with E-state index in [1.165, 1.54) is 0 Å². The van der Waals surface area contributed by atoms with Crippen molar-refractivity contribution in [3.05, 3.63) is 58.6 Å². The summed E-state index contributed by atoms with van der Waals surface area (Å²) in [5.74, 6) is 1.19. The summed E-state index contributed by atoms with van der Waals surface area (Å²) in [5, 5.41) is 0.524. The van der Waals surface area contributed by atoms with Gasteiger partial charge in [-0.3, -0.25) is 4.79 Å². The molecule has 4 heteroatoms. The molecule has 2 aromatic rings. The van der Waals surface area contributed by atoms with E-state index in [1.807, 2.05) is 24.3 Å². The molecular formula is C14H8BrClO2. The second-order valence-corrected chi connectivity index (χ2v) is 5.36. The molecule has 0 amide bonds. The topological polar surface area (TPSA) is 26.3 Å². The first-order valence-corrected chi connectivity index (χ1v) is 6.71. The van der Waals surface area contributed by atoms with Crippen LogP contribution in [0.1, 0.15) is 20.7 Å². The number of hydrogen-bond acceptors (Lipinski definition) is 2. The van der Waals surface area contributed by atoms with E-state index in [0.717, 1.165) is 5.56 Å². The molecule has 0 saturated heterocycles. The number of benzene rings is 2. The number of fused-ring (bicyclic) bond motifs is 2. The van der Waals surface area contributed by atoms with Gasteiger partial charge in [0.2, 0.25) is 0 Å². The summed E-state index contributed by atoms with van der Waals surface area (Å²) >= 11 is 9.36. The normalized spacial score (nSPS) is 17.4. The third-order valence-electron chi connectivity index (χ3n) is 2.85. The summed E-state index contributed by atoms with van der Waals surface area (Å²) in [5.41, 5.74) is 1.33. The second kappa shape index (κ2) is 4.41. The van der Waals surface area contributed by atoms with E-state index in [9.17, 15) is 4.79 Å². The van der Waals surface area contributed by atoms with Crippen molar-refractivity contribution < 1.29 is 9.53 Å². The maximum absolute atomic E-state index is 12.4. The zero-order valence-electron chi connectivity index (χ0n) is 9.19. The Labute approximate surface area is 118 Å². The zero-order valence-corrected chi connectivity index (χ0v) is 11.5. The van der Waals surface area contributed by atoms with Crippen LogP contribution in [0, 0.1) is 0 Å². The number of Topliss-reactive ketones (excluding diaryl/α,β-unsaturated/α-hetero) is 1. The Hall–Kier alpha value is -1.32. The van der Waals surface area contributed by atoms with Crippen molar-refractivity contribution in [1.29, 1.82) is 0 Å². The SMILES string of the molecule is O=C1c2cc(Cl)ccc2Oc2ccccc2C1Br. The fourth-order valence-electron chi connectivity index (χ4n) is 1.96. The lowest BCUT2D eigenvalue weighted by atomic mass is 10.0. The molecule has 1 atom stereocenters. The van der Waals surface area contributed by atoms with Crippen molar-refractivity contribution in [3.8, 4) is 11.5 Å². The molecule has 0 aliphatic carbocycles. The summed E-state index contributed by atoms with van der Waals surface area (Å²) < 4.78 is 5.79. The number of hydrogen-bond donors (Lipinski definition) is 0. The molecule has 1 unspecified atom stereocenters. The number of ketones is 1. The molecule has 0 spiro atoms. The lowest BCUT2D eigenvalue weighted by Gasteiger charge is -2.08. The Kier molecular flexibility index (Phi) is 2.88. The maximum Gasteiger partial charge on any atom is 0.184 e. The van der Waals surface area contributed by atoms with Crippen LogP contribution in [-0.2, 0) is 0 Å². The lowest BCUT2D eigenvalue weighted by molar-refractivity contribution is 0.0992. The molecule has 0 aromatic heterocycles. The fraction of sp³-hybridized carbons (Fsp3) is 0.0714. The van der Waals surface area contributed by atoms with E-state index in [4.69, 9.17) is 16.3 Å². The van der Waals surface area contributed by atoms with E-state index in [2.05, 4.69) is 15.9 Å². The summed E-state index contributed by atoms with van der Waals surface area (Å²) in [6.07, 6.45) is 0. The molecule has 1 aliphatic heterocycles.